The number of amides is 2. The van der Waals surface area contributed by atoms with Crippen molar-refractivity contribution in [3.63, 3.8) is 0 Å². The first-order chi connectivity index (χ1) is 9.29. The van der Waals surface area contributed by atoms with Gasteiger partial charge in [-0.25, -0.2) is 4.79 Å². The van der Waals surface area contributed by atoms with Gasteiger partial charge in [-0.2, -0.15) is 0 Å². The molecule has 0 radical (unpaired) electrons. The van der Waals surface area contributed by atoms with E-state index in [4.69, 9.17) is 4.74 Å². The normalized spacial score (nSPS) is 10.6. The van der Waals surface area contributed by atoms with Gasteiger partial charge < -0.3 is 10.1 Å². The second-order valence-electron chi connectivity index (χ2n) is 5.25. The van der Waals surface area contributed by atoms with Crippen LogP contribution in [0.1, 0.15) is 33.3 Å². The molecule has 2 N–H and O–H groups in total. The van der Waals surface area contributed by atoms with E-state index in [1.165, 1.54) is 0 Å². The Morgan fingerprint density at radius 2 is 1.75 bits per heavy atom. The van der Waals surface area contributed by atoms with Crippen molar-refractivity contribution in [1.29, 1.82) is 0 Å². The quantitative estimate of drug-likeness (QED) is 0.885. The zero-order valence-corrected chi connectivity index (χ0v) is 12.6. The summed E-state index contributed by atoms with van der Waals surface area (Å²) in [5.74, 6) is -0.164. The maximum Gasteiger partial charge on any atom is 0.411 e. The van der Waals surface area contributed by atoms with Crippen molar-refractivity contribution in [1.82, 2.24) is 0 Å². The highest BCUT2D eigenvalue weighted by Crippen LogP contribution is 2.21. The molecule has 110 valence electrons. The summed E-state index contributed by atoms with van der Waals surface area (Å²) in [7, 11) is 0. The number of carbonyl (C=O) groups excluding carboxylic acids is 2. The molecule has 0 fully saturated rings. The molecule has 5 heteroatoms. The van der Waals surface area contributed by atoms with Gasteiger partial charge in [0, 0.05) is 17.3 Å². The number of benzene rings is 1. The average Bonchev–Trinajstić information content (AvgIpc) is 2.32. The van der Waals surface area contributed by atoms with Crippen LogP contribution >= 0.6 is 0 Å². The fraction of sp³-hybridized carbons (Fsp3) is 0.467. The monoisotopic (exact) mass is 278 g/mol. The molecule has 0 bridgehead atoms. The van der Waals surface area contributed by atoms with Crippen LogP contribution in [0.15, 0.2) is 18.2 Å². The van der Waals surface area contributed by atoms with Crippen molar-refractivity contribution in [2.45, 2.75) is 40.7 Å². The summed E-state index contributed by atoms with van der Waals surface area (Å²) in [5, 5.41) is 5.46. The van der Waals surface area contributed by atoms with Gasteiger partial charge in [-0.3, -0.25) is 10.1 Å². The molecule has 0 aliphatic carbocycles. The summed E-state index contributed by atoms with van der Waals surface area (Å²) in [4.78, 5) is 23.2. The Morgan fingerprint density at radius 3 is 2.30 bits per heavy atom. The van der Waals surface area contributed by atoms with Crippen LogP contribution < -0.4 is 10.6 Å². The van der Waals surface area contributed by atoms with Crippen LogP contribution in [-0.2, 0) is 9.53 Å². The third kappa shape index (κ3) is 4.91. The number of hydrogen-bond donors (Lipinski definition) is 2. The van der Waals surface area contributed by atoms with Gasteiger partial charge in [0.1, 0.15) is 0 Å². The van der Waals surface area contributed by atoms with Gasteiger partial charge in [0.15, 0.2) is 0 Å². The molecule has 0 atom stereocenters. The smallest absolute Gasteiger partial charge is 0.411 e. The average molecular weight is 278 g/mol. The number of carbonyl (C=O) groups is 2. The Morgan fingerprint density at radius 1 is 1.10 bits per heavy atom. The second-order valence-corrected chi connectivity index (χ2v) is 5.25. The number of nitrogens with one attached hydrogen (secondary N) is 2. The molecule has 0 saturated heterocycles. The molecule has 0 aromatic heterocycles. The molecule has 2 amide bonds. The summed E-state index contributed by atoms with van der Waals surface area (Å²) in [6.45, 7) is 9.09. The number of hydrogen-bond acceptors (Lipinski definition) is 3. The standard InChI is InChI=1S/C15H22N2O3/c1-9(2)14(18)16-12-7-6-11(5)13(8-12)17-15(19)20-10(3)4/h6-10H,1-5H3,(H,16,18)(H,17,19). The number of rotatable bonds is 4. The molecular formula is C15H22N2O3. The number of aryl methyl sites for hydroxylation is 1. The summed E-state index contributed by atoms with van der Waals surface area (Å²) < 4.78 is 5.03. The van der Waals surface area contributed by atoms with E-state index < -0.39 is 6.09 Å². The second kappa shape index (κ2) is 6.93. The highest BCUT2D eigenvalue weighted by Gasteiger charge is 2.11. The molecule has 5 nitrogen and oxygen atoms in total. The Hall–Kier alpha value is -2.04. The molecule has 0 aliphatic rings. The fourth-order valence-corrected chi connectivity index (χ4v) is 1.47. The van der Waals surface area contributed by atoms with Gasteiger partial charge >= 0.3 is 6.09 Å². The van der Waals surface area contributed by atoms with Crippen molar-refractivity contribution in [3.8, 4) is 0 Å². The van der Waals surface area contributed by atoms with Crippen LogP contribution in [0.25, 0.3) is 0 Å². The summed E-state index contributed by atoms with van der Waals surface area (Å²) in [6.07, 6.45) is -0.686. The van der Waals surface area contributed by atoms with E-state index in [1.807, 2.05) is 26.8 Å². The maximum atomic E-state index is 11.7. The van der Waals surface area contributed by atoms with Gasteiger partial charge in [0.25, 0.3) is 0 Å². The molecule has 1 rings (SSSR count). The zero-order valence-electron chi connectivity index (χ0n) is 12.6. The van der Waals surface area contributed by atoms with E-state index >= 15 is 0 Å². The van der Waals surface area contributed by atoms with Crippen LogP contribution in [0, 0.1) is 12.8 Å². The highest BCUT2D eigenvalue weighted by molar-refractivity contribution is 5.93. The molecule has 1 aromatic carbocycles. The molecule has 0 aliphatic heterocycles. The lowest BCUT2D eigenvalue weighted by Crippen LogP contribution is -2.20. The van der Waals surface area contributed by atoms with Crippen molar-refractivity contribution in [2.75, 3.05) is 10.6 Å². The minimum absolute atomic E-state index is 0.0652. The highest BCUT2D eigenvalue weighted by atomic mass is 16.6. The Balaban J connectivity index is 2.81. The third-order valence-corrected chi connectivity index (χ3v) is 2.61. The van der Waals surface area contributed by atoms with E-state index in [0.29, 0.717) is 11.4 Å². The molecule has 1 aromatic rings. The molecule has 0 unspecified atom stereocenters. The van der Waals surface area contributed by atoms with Crippen LogP contribution in [0.5, 0.6) is 0 Å². The minimum atomic E-state index is -0.504. The maximum absolute atomic E-state index is 11.7. The van der Waals surface area contributed by atoms with Crippen LogP contribution in [-0.4, -0.2) is 18.1 Å². The van der Waals surface area contributed by atoms with Gasteiger partial charge in [-0.05, 0) is 38.5 Å². The number of anilines is 2. The number of ether oxygens (including phenoxy) is 1. The summed E-state index contributed by atoms with van der Waals surface area (Å²) in [5.41, 5.74) is 2.17. The topological polar surface area (TPSA) is 67.4 Å². The predicted molar refractivity (Wildman–Crippen MR) is 79.9 cm³/mol. The first-order valence-electron chi connectivity index (χ1n) is 6.68. The van der Waals surface area contributed by atoms with Gasteiger partial charge in [0.2, 0.25) is 5.91 Å². The molecule has 20 heavy (non-hydrogen) atoms. The van der Waals surface area contributed by atoms with E-state index in [0.717, 1.165) is 5.56 Å². The van der Waals surface area contributed by atoms with Crippen molar-refractivity contribution in [3.05, 3.63) is 23.8 Å². The van der Waals surface area contributed by atoms with E-state index in [1.54, 1.807) is 26.0 Å². The Bertz CT molecular complexity index is 496. The van der Waals surface area contributed by atoms with Crippen molar-refractivity contribution in [2.24, 2.45) is 5.92 Å². The van der Waals surface area contributed by atoms with Crippen LogP contribution in [0.3, 0.4) is 0 Å². The van der Waals surface area contributed by atoms with E-state index in [2.05, 4.69) is 10.6 Å². The molecule has 0 spiro atoms. The zero-order chi connectivity index (χ0) is 15.3. The Labute approximate surface area is 119 Å². The van der Waals surface area contributed by atoms with Crippen molar-refractivity contribution >= 4 is 23.4 Å². The lowest BCUT2D eigenvalue weighted by Gasteiger charge is -2.13. The molecular weight excluding hydrogens is 256 g/mol. The van der Waals surface area contributed by atoms with Crippen LogP contribution in [0.2, 0.25) is 0 Å². The SMILES string of the molecule is Cc1ccc(NC(=O)C(C)C)cc1NC(=O)OC(C)C. The molecule has 0 heterocycles. The minimum Gasteiger partial charge on any atom is -0.447 e. The first-order valence-corrected chi connectivity index (χ1v) is 6.68. The molecule has 0 saturated carbocycles. The lowest BCUT2D eigenvalue weighted by molar-refractivity contribution is -0.118. The summed E-state index contributed by atoms with van der Waals surface area (Å²) >= 11 is 0. The van der Waals surface area contributed by atoms with Gasteiger partial charge in [-0.15, -0.1) is 0 Å². The van der Waals surface area contributed by atoms with Gasteiger partial charge in [0.05, 0.1) is 6.10 Å². The van der Waals surface area contributed by atoms with E-state index in [9.17, 15) is 9.59 Å². The lowest BCUT2D eigenvalue weighted by atomic mass is 10.1. The van der Waals surface area contributed by atoms with Gasteiger partial charge in [-0.1, -0.05) is 19.9 Å². The van der Waals surface area contributed by atoms with E-state index in [-0.39, 0.29) is 17.9 Å². The fourth-order valence-electron chi connectivity index (χ4n) is 1.47. The summed E-state index contributed by atoms with van der Waals surface area (Å²) in [6, 6.07) is 5.35. The van der Waals surface area contributed by atoms with Crippen LogP contribution in [0.4, 0.5) is 16.2 Å². The van der Waals surface area contributed by atoms with Crippen molar-refractivity contribution < 1.29 is 14.3 Å². The predicted octanol–water partition coefficient (Wildman–Crippen LogP) is 3.55. The first kappa shape index (κ1) is 16.0. The largest absolute Gasteiger partial charge is 0.447 e. The third-order valence-electron chi connectivity index (χ3n) is 2.61. The Kier molecular flexibility index (Phi) is 5.55.